The molecule has 0 bridgehead atoms. The second-order valence-corrected chi connectivity index (χ2v) is 6.09. The lowest BCUT2D eigenvalue weighted by atomic mass is 10.1. The number of nitrogens with zero attached hydrogens (tertiary/aromatic N) is 2. The largest absolute Gasteiger partial charge is 0.469 e. The molecule has 1 aromatic heterocycles. The van der Waals surface area contributed by atoms with Crippen LogP contribution in [0.1, 0.15) is 30.1 Å². The normalized spacial score (nSPS) is 10.3. The molecular weight excluding hydrogens is 346 g/mol. The first-order chi connectivity index (χ1) is 13.0. The summed E-state index contributed by atoms with van der Waals surface area (Å²) in [5.74, 6) is -0.624. The van der Waals surface area contributed by atoms with E-state index in [1.54, 1.807) is 17.0 Å². The molecule has 0 atom stereocenters. The monoisotopic (exact) mass is 371 g/mol. The van der Waals surface area contributed by atoms with Crippen LogP contribution in [0.25, 0.3) is 5.69 Å². The minimum atomic E-state index is -0.363. The van der Waals surface area contributed by atoms with Gasteiger partial charge in [-0.05, 0) is 42.8 Å². The fourth-order valence-electron chi connectivity index (χ4n) is 2.64. The van der Waals surface area contributed by atoms with Crippen molar-refractivity contribution in [1.29, 1.82) is 0 Å². The number of carbonyl (C=O) groups is 3. The van der Waals surface area contributed by atoms with Crippen LogP contribution in [0, 0.1) is 0 Å². The van der Waals surface area contributed by atoms with Gasteiger partial charge in [0.05, 0.1) is 13.5 Å². The first-order valence-corrected chi connectivity index (χ1v) is 8.85. The van der Waals surface area contributed by atoms with Gasteiger partial charge >= 0.3 is 5.97 Å². The Labute approximate surface area is 158 Å². The smallest absolute Gasteiger partial charge is 0.307 e. The predicted octanol–water partition coefficient (Wildman–Crippen LogP) is 2.01. The summed E-state index contributed by atoms with van der Waals surface area (Å²) < 4.78 is 6.62. The highest BCUT2D eigenvalue weighted by Crippen LogP contribution is 2.12. The van der Waals surface area contributed by atoms with E-state index in [0.29, 0.717) is 25.1 Å². The van der Waals surface area contributed by atoms with Crippen LogP contribution < -0.4 is 5.32 Å². The Morgan fingerprint density at radius 1 is 1.07 bits per heavy atom. The van der Waals surface area contributed by atoms with Crippen molar-refractivity contribution in [3.63, 3.8) is 0 Å². The van der Waals surface area contributed by atoms with Gasteiger partial charge in [0.15, 0.2) is 0 Å². The molecule has 0 radical (unpaired) electrons. The standard InChI is InChI=1S/C20H25N3O4/c1-16(24)21-11-5-14-23(15-10-19(25)27-2)20(26)17-6-8-18(9-7-17)22-12-3-4-13-22/h3-4,6-9,12-13H,5,10-11,14-15H2,1-2H3,(H,21,24). The highest BCUT2D eigenvalue weighted by atomic mass is 16.5. The van der Waals surface area contributed by atoms with E-state index >= 15 is 0 Å². The van der Waals surface area contributed by atoms with Gasteiger partial charge in [0.25, 0.3) is 5.91 Å². The minimum Gasteiger partial charge on any atom is -0.469 e. The molecular formula is C20H25N3O4. The van der Waals surface area contributed by atoms with Crippen molar-refractivity contribution >= 4 is 17.8 Å². The number of rotatable bonds is 9. The Morgan fingerprint density at radius 2 is 1.74 bits per heavy atom. The van der Waals surface area contributed by atoms with Crippen molar-refractivity contribution < 1.29 is 19.1 Å². The molecule has 1 N–H and O–H groups in total. The van der Waals surface area contributed by atoms with Gasteiger partial charge in [-0.1, -0.05) is 0 Å². The summed E-state index contributed by atoms with van der Waals surface area (Å²) >= 11 is 0. The lowest BCUT2D eigenvalue weighted by Gasteiger charge is -2.22. The van der Waals surface area contributed by atoms with E-state index in [0.717, 1.165) is 5.69 Å². The molecule has 2 aromatic rings. The minimum absolute atomic E-state index is 0.108. The molecule has 1 aromatic carbocycles. The molecule has 27 heavy (non-hydrogen) atoms. The number of hydrogen-bond acceptors (Lipinski definition) is 4. The van der Waals surface area contributed by atoms with Crippen LogP contribution in [-0.2, 0) is 14.3 Å². The van der Waals surface area contributed by atoms with E-state index in [2.05, 4.69) is 10.1 Å². The highest BCUT2D eigenvalue weighted by Gasteiger charge is 2.17. The second-order valence-electron chi connectivity index (χ2n) is 6.09. The number of amides is 2. The predicted molar refractivity (Wildman–Crippen MR) is 102 cm³/mol. The first kappa shape index (κ1) is 20.2. The third kappa shape index (κ3) is 6.29. The topological polar surface area (TPSA) is 80.6 Å². The summed E-state index contributed by atoms with van der Waals surface area (Å²) in [6.45, 7) is 2.64. The van der Waals surface area contributed by atoms with Gasteiger partial charge in [0.2, 0.25) is 5.91 Å². The number of hydrogen-bond donors (Lipinski definition) is 1. The number of ether oxygens (including phenoxy) is 1. The van der Waals surface area contributed by atoms with Gasteiger partial charge in [0, 0.05) is 50.2 Å². The maximum Gasteiger partial charge on any atom is 0.307 e. The molecule has 0 saturated heterocycles. The van der Waals surface area contributed by atoms with Crippen LogP contribution >= 0.6 is 0 Å². The third-order valence-corrected chi connectivity index (χ3v) is 4.10. The van der Waals surface area contributed by atoms with E-state index in [1.165, 1.54) is 14.0 Å². The summed E-state index contributed by atoms with van der Waals surface area (Å²) in [4.78, 5) is 36.9. The Bertz CT molecular complexity index is 754. The summed E-state index contributed by atoms with van der Waals surface area (Å²) in [7, 11) is 1.32. The zero-order valence-electron chi connectivity index (χ0n) is 15.7. The number of carbonyl (C=O) groups excluding carboxylic acids is 3. The van der Waals surface area contributed by atoms with Gasteiger partial charge in [-0.25, -0.2) is 0 Å². The number of esters is 1. The van der Waals surface area contributed by atoms with Crippen molar-refractivity contribution in [2.24, 2.45) is 0 Å². The van der Waals surface area contributed by atoms with Crippen LogP contribution in [0.2, 0.25) is 0 Å². The van der Waals surface area contributed by atoms with Gasteiger partial charge < -0.3 is 19.5 Å². The van der Waals surface area contributed by atoms with Crippen LogP contribution in [-0.4, -0.2) is 54.0 Å². The average molecular weight is 371 g/mol. The summed E-state index contributed by atoms with van der Waals surface area (Å²) in [5.41, 5.74) is 1.51. The Morgan fingerprint density at radius 3 is 2.33 bits per heavy atom. The molecule has 0 saturated carbocycles. The SMILES string of the molecule is COC(=O)CCN(CCCNC(C)=O)C(=O)c1ccc(-n2cccc2)cc1. The van der Waals surface area contributed by atoms with Gasteiger partial charge in [0.1, 0.15) is 0 Å². The molecule has 0 aliphatic carbocycles. The maximum atomic E-state index is 12.9. The molecule has 0 fully saturated rings. The van der Waals surface area contributed by atoms with Crippen molar-refractivity contribution in [3.8, 4) is 5.69 Å². The van der Waals surface area contributed by atoms with Gasteiger partial charge in [-0.3, -0.25) is 14.4 Å². The van der Waals surface area contributed by atoms with Crippen molar-refractivity contribution in [2.45, 2.75) is 19.8 Å². The Hall–Kier alpha value is -3.09. The van der Waals surface area contributed by atoms with E-state index in [9.17, 15) is 14.4 Å². The Balaban J connectivity index is 2.03. The van der Waals surface area contributed by atoms with Crippen LogP contribution in [0.15, 0.2) is 48.8 Å². The van der Waals surface area contributed by atoms with E-state index < -0.39 is 0 Å². The van der Waals surface area contributed by atoms with E-state index in [1.807, 2.05) is 41.2 Å². The second kappa shape index (κ2) is 10.2. The first-order valence-electron chi connectivity index (χ1n) is 8.85. The Kier molecular flexibility index (Phi) is 7.61. The molecule has 0 unspecified atom stereocenters. The lowest BCUT2D eigenvalue weighted by molar-refractivity contribution is -0.140. The number of methoxy groups -OCH3 is 1. The van der Waals surface area contributed by atoms with Crippen molar-refractivity contribution in [1.82, 2.24) is 14.8 Å². The molecule has 0 spiro atoms. The quantitative estimate of drug-likeness (QED) is 0.540. The summed E-state index contributed by atoms with van der Waals surface area (Å²) in [6.07, 6.45) is 4.60. The van der Waals surface area contributed by atoms with Gasteiger partial charge in [-0.2, -0.15) is 0 Å². The zero-order valence-corrected chi connectivity index (χ0v) is 15.7. The number of aromatic nitrogens is 1. The fraction of sp³-hybridized carbons (Fsp3) is 0.350. The highest BCUT2D eigenvalue weighted by molar-refractivity contribution is 5.94. The molecule has 2 amide bonds. The van der Waals surface area contributed by atoms with E-state index in [-0.39, 0.29) is 30.7 Å². The molecule has 0 aliphatic heterocycles. The average Bonchev–Trinajstić information content (AvgIpc) is 3.21. The van der Waals surface area contributed by atoms with Gasteiger partial charge in [-0.15, -0.1) is 0 Å². The lowest BCUT2D eigenvalue weighted by Crippen LogP contribution is -2.35. The van der Waals surface area contributed by atoms with Crippen LogP contribution in [0.4, 0.5) is 0 Å². The van der Waals surface area contributed by atoms with Crippen molar-refractivity contribution in [2.75, 3.05) is 26.7 Å². The maximum absolute atomic E-state index is 12.9. The zero-order chi connectivity index (χ0) is 19.6. The summed E-state index contributed by atoms with van der Waals surface area (Å²) in [6, 6.07) is 11.2. The number of nitrogens with one attached hydrogen (secondary N) is 1. The van der Waals surface area contributed by atoms with Crippen LogP contribution in [0.3, 0.4) is 0 Å². The molecule has 144 valence electrons. The van der Waals surface area contributed by atoms with Crippen molar-refractivity contribution in [3.05, 3.63) is 54.4 Å². The number of benzene rings is 1. The summed E-state index contributed by atoms with van der Waals surface area (Å²) in [5, 5.41) is 2.71. The van der Waals surface area contributed by atoms with Crippen LogP contribution in [0.5, 0.6) is 0 Å². The fourth-order valence-corrected chi connectivity index (χ4v) is 2.64. The molecule has 7 heteroatoms. The van der Waals surface area contributed by atoms with E-state index in [4.69, 9.17) is 0 Å². The molecule has 0 aliphatic rings. The molecule has 2 rings (SSSR count). The molecule has 7 nitrogen and oxygen atoms in total. The molecule has 1 heterocycles. The third-order valence-electron chi connectivity index (χ3n) is 4.10.